The second-order valence-electron chi connectivity index (χ2n) is 6.40. The van der Waals surface area contributed by atoms with Gasteiger partial charge in [0.15, 0.2) is 0 Å². The van der Waals surface area contributed by atoms with Gasteiger partial charge in [-0.2, -0.15) is 0 Å². The Morgan fingerprint density at radius 2 is 1.73 bits per heavy atom. The fraction of sp³-hybridized carbons (Fsp3) is 0.316. The van der Waals surface area contributed by atoms with Crippen molar-refractivity contribution in [3.05, 3.63) is 58.5 Å². The molecule has 2 atom stereocenters. The van der Waals surface area contributed by atoms with Crippen LogP contribution in [-0.2, 0) is 16.6 Å². The van der Waals surface area contributed by atoms with Gasteiger partial charge in [0.05, 0.1) is 17.3 Å². The first-order chi connectivity index (χ1) is 12.4. The van der Waals surface area contributed by atoms with Crippen LogP contribution in [-0.4, -0.2) is 21.2 Å². The molecule has 1 aromatic heterocycles. The van der Waals surface area contributed by atoms with Crippen LogP contribution >= 0.6 is 0 Å². The quantitative estimate of drug-likeness (QED) is 0.820. The highest BCUT2D eigenvalue weighted by molar-refractivity contribution is 5.95. The number of anilines is 1. The Balaban J connectivity index is 1.94. The number of benzene rings is 1. The van der Waals surface area contributed by atoms with Crippen molar-refractivity contribution in [2.75, 3.05) is 5.32 Å². The standard InChI is InChI=1S/C19H21N3O4/c1-12-16(18(24)22(21(12)2)13-8-4-3-5-9-13)20-17(23)14-10-6-7-11-15(14)19(25)26/h3-9,14-15H,10-11H2,1-2H3,(H,20,23)(H,25,26)/p-1/t14-,15-/m1/s1. The molecule has 1 heterocycles. The van der Waals surface area contributed by atoms with E-state index in [0.29, 0.717) is 17.8 Å². The Kier molecular flexibility index (Phi) is 4.79. The zero-order chi connectivity index (χ0) is 18.8. The van der Waals surface area contributed by atoms with Crippen LogP contribution in [0.1, 0.15) is 18.5 Å². The summed E-state index contributed by atoms with van der Waals surface area (Å²) in [5.74, 6) is -3.37. The minimum atomic E-state index is -1.25. The van der Waals surface area contributed by atoms with E-state index in [4.69, 9.17) is 0 Å². The molecule has 1 amide bonds. The lowest BCUT2D eigenvalue weighted by molar-refractivity contribution is -0.313. The zero-order valence-electron chi connectivity index (χ0n) is 14.6. The molecule has 136 valence electrons. The lowest BCUT2D eigenvalue weighted by Gasteiger charge is -2.28. The topological polar surface area (TPSA) is 96.2 Å². The number of amides is 1. The van der Waals surface area contributed by atoms with Crippen LogP contribution in [0, 0.1) is 18.8 Å². The summed E-state index contributed by atoms with van der Waals surface area (Å²) in [6.45, 7) is 1.73. The number of carbonyl (C=O) groups excluding carboxylic acids is 2. The SMILES string of the molecule is Cc1c(NC(=O)[C@@H]2CC=CC[C@H]2C(=O)[O-])c(=O)n(-c2ccccc2)n1C. The van der Waals surface area contributed by atoms with E-state index < -0.39 is 23.7 Å². The van der Waals surface area contributed by atoms with Crippen LogP contribution in [0.4, 0.5) is 5.69 Å². The van der Waals surface area contributed by atoms with E-state index in [9.17, 15) is 19.5 Å². The molecule has 1 N–H and O–H groups in total. The first-order valence-electron chi connectivity index (χ1n) is 8.42. The molecule has 0 radical (unpaired) electrons. The van der Waals surface area contributed by atoms with Crippen molar-refractivity contribution in [2.45, 2.75) is 19.8 Å². The predicted molar refractivity (Wildman–Crippen MR) is 94.7 cm³/mol. The van der Waals surface area contributed by atoms with Gasteiger partial charge in [0.2, 0.25) is 5.91 Å². The summed E-state index contributed by atoms with van der Waals surface area (Å²) < 4.78 is 3.12. The Hall–Kier alpha value is -3.09. The average molecular weight is 354 g/mol. The summed E-state index contributed by atoms with van der Waals surface area (Å²) in [6.07, 6.45) is 4.08. The Morgan fingerprint density at radius 3 is 2.35 bits per heavy atom. The number of carboxylic acid groups (broad SMARTS) is 1. The summed E-state index contributed by atoms with van der Waals surface area (Å²) in [5, 5.41) is 13.9. The second-order valence-corrected chi connectivity index (χ2v) is 6.40. The normalized spacial score (nSPS) is 19.3. The van der Waals surface area contributed by atoms with Gasteiger partial charge in [-0.3, -0.25) is 14.3 Å². The van der Waals surface area contributed by atoms with Crippen LogP contribution in [0.25, 0.3) is 5.69 Å². The molecule has 1 aliphatic rings. The molecular weight excluding hydrogens is 334 g/mol. The number of nitrogens with one attached hydrogen (secondary N) is 1. The van der Waals surface area contributed by atoms with Crippen LogP contribution in [0.3, 0.4) is 0 Å². The summed E-state index contributed by atoms with van der Waals surface area (Å²) in [5.41, 5.74) is 1.06. The number of rotatable bonds is 4. The van der Waals surface area contributed by atoms with Crippen molar-refractivity contribution in [2.24, 2.45) is 18.9 Å². The molecule has 2 aromatic rings. The number of nitrogens with zero attached hydrogens (tertiary/aromatic N) is 2. The smallest absolute Gasteiger partial charge is 0.295 e. The van der Waals surface area contributed by atoms with Gasteiger partial charge in [0.25, 0.3) is 5.56 Å². The third-order valence-corrected chi connectivity index (χ3v) is 4.87. The molecule has 0 bridgehead atoms. The summed E-state index contributed by atoms with van der Waals surface area (Å²) in [4.78, 5) is 36.8. The molecule has 1 aliphatic carbocycles. The molecule has 3 rings (SSSR count). The highest BCUT2D eigenvalue weighted by Gasteiger charge is 2.31. The summed E-state index contributed by atoms with van der Waals surface area (Å²) >= 11 is 0. The van der Waals surface area contributed by atoms with Crippen molar-refractivity contribution >= 4 is 17.6 Å². The Bertz CT molecular complexity index is 924. The Labute approximate surface area is 150 Å². The van der Waals surface area contributed by atoms with Crippen molar-refractivity contribution in [1.29, 1.82) is 0 Å². The summed E-state index contributed by atoms with van der Waals surface area (Å²) in [7, 11) is 1.73. The van der Waals surface area contributed by atoms with Gasteiger partial charge in [0, 0.05) is 18.9 Å². The molecule has 7 heteroatoms. The van der Waals surface area contributed by atoms with E-state index in [2.05, 4.69) is 5.32 Å². The van der Waals surface area contributed by atoms with Gasteiger partial charge in [-0.1, -0.05) is 30.4 Å². The second kappa shape index (κ2) is 7.03. The maximum absolute atomic E-state index is 12.8. The van der Waals surface area contributed by atoms with E-state index in [-0.39, 0.29) is 17.7 Å². The molecule has 0 aliphatic heterocycles. The van der Waals surface area contributed by atoms with E-state index in [1.165, 1.54) is 4.68 Å². The zero-order valence-corrected chi connectivity index (χ0v) is 14.6. The largest absolute Gasteiger partial charge is 0.550 e. The van der Waals surface area contributed by atoms with Crippen molar-refractivity contribution in [3.63, 3.8) is 0 Å². The number of allylic oxidation sites excluding steroid dienone is 2. The number of para-hydroxylation sites is 1. The monoisotopic (exact) mass is 354 g/mol. The van der Waals surface area contributed by atoms with Gasteiger partial charge in [0.1, 0.15) is 5.69 Å². The number of carbonyl (C=O) groups is 2. The molecule has 1 aromatic carbocycles. The van der Waals surface area contributed by atoms with Gasteiger partial charge in [-0.25, -0.2) is 4.68 Å². The van der Waals surface area contributed by atoms with Crippen molar-refractivity contribution < 1.29 is 14.7 Å². The minimum absolute atomic E-state index is 0.160. The predicted octanol–water partition coefficient (Wildman–Crippen LogP) is 0.755. The molecule has 0 saturated carbocycles. The van der Waals surface area contributed by atoms with Gasteiger partial charge in [-0.05, 0) is 31.9 Å². The molecule has 7 nitrogen and oxygen atoms in total. The molecule has 0 saturated heterocycles. The molecule has 0 spiro atoms. The van der Waals surface area contributed by atoms with Crippen LogP contribution in [0.15, 0.2) is 47.3 Å². The third kappa shape index (κ3) is 3.08. The van der Waals surface area contributed by atoms with Crippen molar-refractivity contribution in [3.8, 4) is 5.69 Å². The number of aliphatic carboxylic acids is 1. The third-order valence-electron chi connectivity index (χ3n) is 4.87. The lowest BCUT2D eigenvalue weighted by Crippen LogP contribution is -2.42. The van der Waals surface area contributed by atoms with Gasteiger partial charge < -0.3 is 15.2 Å². The molecule has 0 fully saturated rings. The highest BCUT2D eigenvalue weighted by atomic mass is 16.4. The number of carboxylic acids is 1. The van der Waals surface area contributed by atoms with Gasteiger partial charge >= 0.3 is 0 Å². The maximum atomic E-state index is 12.8. The van der Waals surface area contributed by atoms with E-state index in [1.54, 1.807) is 42.9 Å². The highest BCUT2D eigenvalue weighted by Crippen LogP contribution is 2.27. The molecule has 0 unspecified atom stereocenters. The van der Waals surface area contributed by atoms with E-state index in [1.807, 2.05) is 18.2 Å². The fourth-order valence-electron chi connectivity index (χ4n) is 3.29. The molecular formula is C19H20N3O4-. The maximum Gasteiger partial charge on any atom is 0.295 e. The fourth-order valence-corrected chi connectivity index (χ4v) is 3.29. The summed E-state index contributed by atoms with van der Waals surface area (Å²) in [6, 6.07) is 9.08. The van der Waals surface area contributed by atoms with E-state index in [0.717, 1.165) is 0 Å². The van der Waals surface area contributed by atoms with Crippen LogP contribution in [0.2, 0.25) is 0 Å². The first-order valence-corrected chi connectivity index (χ1v) is 8.42. The average Bonchev–Trinajstić information content (AvgIpc) is 2.85. The van der Waals surface area contributed by atoms with Crippen LogP contribution in [0.5, 0.6) is 0 Å². The van der Waals surface area contributed by atoms with Crippen molar-refractivity contribution in [1.82, 2.24) is 9.36 Å². The minimum Gasteiger partial charge on any atom is -0.550 e. The number of hydrogen-bond donors (Lipinski definition) is 1. The van der Waals surface area contributed by atoms with Gasteiger partial charge in [-0.15, -0.1) is 0 Å². The van der Waals surface area contributed by atoms with E-state index >= 15 is 0 Å². The Morgan fingerprint density at radius 1 is 1.12 bits per heavy atom. The van der Waals surface area contributed by atoms with Crippen LogP contribution < -0.4 is 16.0 Å². The first kappa shape index (κ1) is 17.7. The lowest BCUT2D eigenvalue weighted by atomic mass is 9.82. The molecule has 26 heavy (non-hydrogen) atoms. The number of hydrogen-bond acceptors (Lipinski definition) is 4. The number of aromatic nitrogens is 2.